The summed E-state index contributed by atoms with van der Waals surface area (Å²) in [7, 11) is 0. The van der Waals surface area contributed by atoms with Crippen molar-refractivity contribution >= 4 is 11.6 Å². The van der Waals surface area contributed by atoms with Crippen LogP contribution in [0.5, 0.6) is 0 Å². The van der Waals surface area contributed by atoms with E-state index >= 15 is 0 Å². The van der Waals surface area contributed by atoms with E-state index in [0.717, 1.165) is 44.6 Å². The standard InChI is InChI=1S/C17H27N3O/c1-4-9-18-14-6-10-19-15(13-14)16(21)20-11-5-7-17(2,3)8-12-20/h6,10,13H,4-5,7-9,11-12H2,1-3H3,(H,18,19). The molecule has 116 valence electrons. The molecule has 1 aromatic heterocycles. The van der Waals surface area contributed by atoms with Gasteiger partial charge in [0.25, 0.3) is 5.91 Å². The van der Waals surface area contributed by atoms with E-state index < -0.39 is 0 Å². The molecule has 1 saturated heterocycles. The van der Waals surface area contributed by atoms with Crippen LogP contribution >= 0.6 is 0 Å². The third-order valence-corrected chi connectivity index (χ3v) is 4.19. The van der Waals surface area contributed by atoms with E-state index in [1.165, 1.54) is 6.42 Å². The van der Waals surface area contributed by atoms with Gasteiger partial charge in [0.05, 0.1) is 0 Å². The molecule has 1 amide bonds. The molecule has 0 unspecified atom stereocenters. The summed E-state index contributed by atoms with van der Waals surface area (Å²) in [6.07, 6.45) is 6.10. The Bertz CT molecular complexity index is 485. The molecule has 0 aromatic carbocycles. The van der Waals surface area contributed by atoms with Crippen LogP contribution < -0.4 is 5.32 Å². The second-order valence-electron chi connectivity index (χ2n) is 6.67. The predicted octanol–water partition coefficient (Wildman–Crippen LogP) is 3.56. The zero-order valence-electron chi connectivity index (χ0n) is 13.5. The average molecular weight is 289 g/mol. The molecule has 4 nitrogen and oxygen atoms in total. The van der Waals surface area contributed by atoms with E-state index in [4.69, 9.17) is 0 Å². The minimum absolute atomic E-state index is 0.0628. The van der Waals surface area contributed by atoms with Crippen LogP contribution in [0.15, 0.2) is 18.3 Å². The van der Waals surface area contributed by atoms with E-state index in [-0.39, 0.29) is 5.91 Å². The van der Waals surface area contributed by atoms with Crippen molar-refractivity contribution in [1.29, 1.82) is 0 Å². The van der Waals surface area contributed by atoms with Crippen molar-refractivity contribution in [1.82, 2.24) is 9.88 Å². The van der Waals surface area contributed by atoms with E-state index in [1.807, 2.05) is 17.0 Å². The van der Waals surface area contributed by atoms with Crippen LogP contribution in [-0.4, -0.2) is 35.4 Å². The highest BCUT2D eigenvalue weighted by molar-refractivity contribution is 5.93. The van der Waals surface area contributed by atoms with E-state index in [0.29, 0.717) is 11.1 Å². The third kappa shape index (κ3) is 4.45. The van der Waals surface area contributed by atoms with Gasteiger partial charge in [0.1, 0.15) is 5.69 Å². The zero-order valence-corrected chi connectivity index (χ0v) is 13.5. The molecule has 1 N–H and O–H groups in total. The first-order valence-electron chi connectivity index (χ1n) is 8.01. The van der Waals surface area contributed by atoms with Gasteiger partial charge in [0.15, 0.2) is 0 Å². The van der Waals surface area contributed by atoms with Crippen molar-refractivity contribution in [3.05, 3.63) is 24.0 Å². The van der Waals surface area contributed by atoms with E-state index in [2.05, 4.69) is 31.1 Å². The summed E-state index contributed by atoms with van der Waals surface area (Å²) in [5.74, 6) is 0.0628. The van der Waals surface area contributed by atoms with Gasteiger partial charge in [-0.1, -0.05) is 20.8 Å². The summed E-state index contributed by atoms with van der Waals surface area (Å²) in [6.45, 7) is 9.29. The lowest BCUT2D eigenvalue weighted by molar-refractivity contribution is 0.0751. The number of rotatable bonds is 4. The van der Waals surface area contributed by atoms with Gasteiger partial charge in [-0.05, 0) is 43.2 Å². The molecule has 1 aliphatic rings. The highest BCUT2D eigenvalue weighted by atomic mass is 16.2. The number of carbonyl (C=O) groups is 1. The number of anilines is 1. The number of likely N-dealkylation sites (tertiary alicyclic amines) is 1. The molecule has 0 bridgehead atoms. The first kappa shape index (κ1) is 15.8. The third-order valence-electron chi connectivity index (χ3n) is 4.19. The largest absolute Gasteiger partial charge is 0.385 e. The Morgan fingerprint density at radius 3 is 2.95 bits per heavy atom. The molecule has 2 rings (SSSR count). The summed E-state index contributed by atoms with van der Waals surface area (Å²) < 4.78 is 0. The second-order valence-corrected chi connectivity index (χ2v) is 6.67. The van der Waals surface area contributed by atoms with Crippen LogP contribution in [0.4, 0.5) is 5.69 Å². The number of amides is 1. The molecule has 4 heteroatoms. The number of nitrogens with zero attached hydrogens (tertiary/aromatic N) is 2. The molecule has 21 heavy (non-hydrogen) atoms. The molecular formula is C17H27N3O. The molecule has 0 saturated carbocycles. The van der Waals surface area contributed by atoms with Crippen LogP contribution in [0.25, 0.3) is 0 Å². The van der Waals surface area contributed by atoms with Crippen molar-refractivity contribution in [3.63, 3.8) is 0 Å². The second kappa shape index (κ2) is 6.92. The fourth-order valence-electron chi connectivity index (χ4n) is 2.71. The van der Waals surface area contributed by atoms with Gasteiger partial charge >= 0.3 is 0 Å². The lowest BCUT2D eigenvalue weighted by Crippen LogP contribution is -2.33. The molecule has 2 heterocycles. The van der Waals surface area contributed by atoms with Gasteiger partial charge < -0.3 is 10.2 Å². The quantitative estimate of drug-likeness (QED) is 0.922. The normalized spacial score (nSPS) is 18.1. The first-order chi connectivity index (χ1) is 10.0. The summed E-state index contributed by atoms with van der Waals surface area (Å²) in [5, 5.41) is 3.31. The summed E-state index contributed by atoms with van der Waals surface area (Å²) in [5.41, 5.74) is 1.87. The lowest BCUT2D eigenvalue weighted by atomic mass is 9.85. The monoisotopic (exact) mass is 289 g/mol. The van der Waals surface area contributed by atoms with E-state index in [1.54, 1.807) is 6.20 Å². The number of aromatic nitrogens is 1. The van der Waals surface area contributed by atoms with Crippen LogP contribution in [0.1, 0.15) is 56.9 Å². The molecule has 1 fully saturated rings. The molecular weight excluding hydrogens is 262 g/mol. The fourth-order valence-corrected chi connectivity index (χ4v) is 2.71. The Morgan fingerprint density at radius 2 is 2.19 bits per heavy atom. The maximum atomic E-state index is 12.6. The summed E-state index contributed by atoms with van der Waals surface area (Å²) >= 11 is 0. The number of hydrogen-bond acceptors (Lipinski definition) is 3. The van der Waals surface area contributed by atoms with Gasteiger partial charge in [0.2, 0.25) is 0 Å². The van der Waals surface area contributed by atoms with Gasteiger partial charge in [-0.2, -0.15) is 0 Å². The summed E-state index contributed by atoms with van der Waals surface area (Å²) in [6, 6.07) is 3.78. The number of carbonyl (C=O) groups excluding carboxylic acids is 1. The summed E-state index contributed by atoms with van der Waals surface area (Å²) in [4.78, 5) is 18.8. The SMILES string of the molecule is CCCNc1ccnc(C(=O)N2CCCC(C)(C)CC2)c1. The number of nitrogens with one attached hydrogen (secondary N) is 1. The topological polar surface area (TPSA) is 45.2 Å². The molecule has 0 atom stereocenters. The Morgan fingerprint density at radius 1 is 1.38 bits per heavy atom. The predicted molar refractivity (Wildman–Crippen MR) is 86.6 cm³/mol. The maximum Gasteiger partial charge on any atom is 0.272 e. The van der Waals surface area contributed by atoms with Crippen molar-refractivity contribution in [2.45, 2.75) is 46.5 Å². The van der Waals surface area contributed by atoms with Crippen molar-refractivity contribution in [3.8, 4) is 0 Å². The highest BCUT2D eigenvalue weighted by Gasteiger charge is 2.26. The van der Waals surface area contributed by atoms with Gasteiger partial charge in [0, 0.05) is 31.5 Å². The minimum Gasteiger partial charge on any atom is -0.385 e. The van der Waals surface area contributed by atoms with Crippen LogP contribution in [0, 0.1) is 5.41 Å². The molecule has 0 radical (unpaired) electrons. The van der Waals surface area contributed by atoms with Gasteiger partial charge in [-0.25, -0.2) is 0 Å². The van der Waals surface area contributed by atoms with Gasteiger partial charge in [-0.3, -0.25) is 9.78 Å². The number of pyridine rings is 1. The Balaban J connectivity index is 2.05. The highest BCUT2D eigenvalue weighted by Crippen LogP contribution is 2.30. The van der Waals surface area contributed by atoms with Crippen molar-refractivity contribution < 1.29 is 4.79 Å². The minimum atomic E-state index is 0.0628. The molecule has 1 aromatic rings. The zero-order chi connectivity index (χ0) is 15.3. The molecule has 1 aliphatic heterocycles. The lowest BCUT2D eigenvalue weighted by Gasteiger charge is -2.23. The molecule has 0 spiro atoms. The Labute approximate surface area is 127 Å². The van der Waals surface area contributed by atoms with Crippen LogP contribution in [0.3, 0.4) is 0 Å². The Hall–Kier alpha value is -1.58. The van der Waals surface area contributed by atoms with Crippen LogP contribution in [-0.2, 0) is 0 Å². The first-order valence-corrected chi connectivity index (χ1v) is 8.01. The van der Waals surface area contributed by atoms with E-state index in [9.17, 15) is 4.79 Å². The maximum absolute atomic E-state index is 12.6. The smallest absolute Gasteiger partial charge is 0.272 e. The number of hydrogen-bond donors (Lipinski definition) is 1. The average Bonchev–Trinajstić information content (AvgIpc) is 2.65. The van der Waals surface area contributed by atoms with Crippen LogP contribution in [0.2, 0.25) is 0 Å². The van der Waals surface area contributed by atoms with Gasteiger partial charge in [-0.15, -0.1) is 0 Å². The molecule has 0 aliphatic carbocycles. The van der Waals surface area contributed by atoms with Crippen molar-refractivity contribution in [2.24, 2.45) is 5.41 Å². The Kier molecular flexibility index (Phi) is 5.21. The van der Waals surface area contributed by atoms with Crippen molar-refractivity contribution in [2.75, 3.05) is 25.0 Å². The fraction of sp³-hybridized carbons (Fsp3) is 0.647.